The van der Waals surface area contributed by atoms with Crippen LogP contribution in [0.1, 0.15) is 26.7 Å². The first-order valence-corrected chi connectivity index (χ1v) is 6.21. The molecule has 0 spiro atoms. The number of carbonyl (C=O) groups is 1. The van der Waals surface area contributed by atoms with Crippen molar-refractivity contribution >= 4 is 5.97 Å². The maximum absolute atomic E-state index is 11.0. The first kappa shape index (κ1) is 14.4. The normalized spacial score (nSPS) is 20.2. The minimum Gasteiger partial charge on any atom is -0.464 e. The molecule has 100 valence electrons. The largest absolute Gasteiger partial charge is 0.464 e. The summed E-state index contributed by atoms with van der Waals surface area (Å²) in [5.74, 6) is -0.311. The number of ether oxygens (including phenoxy) is 2. The Morgan fingerprint density at radius 1 is 1.41 bits per heavy atom. The highest BCUT2D eigenvalue weighted by molar-refractivity contribution is 5.70. The predicted molar refractivity (Wildman–Crippen MR) is 63.7 cm³/mol. The standard InChI is InChI=1S/C12H23NO4/c1-3-17-11(14)10-16-9-8-13-6-4-12(2,15)5-7-13/h15H,3-10H2,1-2H3. The first-order chi connectivity index (χ1) is 8.03. The third-order valence-electron chi connectivity index (χ3n) is 3.01. The number of hydrogen-bond donors (Lipinski definition) is 1. The summed E-state index contributed by atoms with van der Waals surface area (Å²) in [7, 11) is 0. The number of hydrogen-bond acceptors (Lipinski definition) is 5. The summed E-state index contributed by atoms with van der Waals surface area (Å²) in [6.07, 6.45) is 1.59. The van der Waals surface area contributed by atoms with Gasteiger partial charge < -0.3 is 19.5 Å². The highest BCUT2D eigenvalue weighted by Crippen LogP contribution is 2.20. The molecule has 17 heavy (non-hydrogen) atoms. The van der Waals surface area contributed by atoms with E-state index in [2.05, 4.69) is 4.90 Å². The molecule has 0 radical (unpaired) electrons. The molecule has 0 aromatic carbocycles. The average molecular weight is 245 g/mol. The molecule has 0 aromatic rings. The third kappa shape index (κ3) is 6.00. The molecule has 1 saturated heterocycles. The van der Waals surface area contributed by atoms with Crippen LogP contribution in [0.25, 0.3) is 0 Å². The van der Waals surface area contributed by atoms with Gasteiger partial charge in [-0.15, -0.1) is 0 Å². The molecule has 0 aromatic heterocycles. The lowest BCUT2D eigenvalue weighted by Crippen LogP contribution is -2.43. The number of nitrogens with zero attached hydrogens (tertiary/aromatic N) is 1. The minimum atomic E-state index is -0.512. The maximum atomic E-state index is 11.0. The number of esters is 1. The second kappa shape index (κ2) is 6.93. The Hall–Kier alpha value is -0.650. The van der Waals surface area contributed by atoms with Crippen LogP contribution in [0.3, 0.4) is 0 Å². The molecule has 0 atom stereocenters. The first-order valence-electron chi connectivity index (χ1n) is 6.21. The van der Waals surface area contributed by atoms with Crippen LogP contribution in [0.2, 0.25) is 0 Å². The van der Waals surface area contributed by atoms with Gasteiger partial charge in [0.15, 0.2) is 0 Å². The van der Waals surface area contributed by atoms with Crippen LogP contribution in [-0.4, -0.2) is 61.0 Å². The van der Waals surface area contributed by atoms with E-state index in [9.17, 15) is 9.90 Å². The molecule has 0 amide bonds. The lowest BCUT2D eigenvalue weighted by Gasteiger charge is -2.35. The second-order valence-corrected chi connectivity index (χ2v) is 4.70. The lowest BCUT2D eigenvalue weighted by molar-refractivity contribution is -0.148. The quantitative estimate of drug-likeness (QED) is 0.542. The Bertz CT molecular complexity index is 233. The van der Waals surface area contributed by atoms with E-state index in [1.54, 1.807) is 6.92 Å². The van der Waals surface area contributed by atoms with Crippen molar-refractivity contribution in [2.24, 2.45) is 0 Å². The van der Waals surface area contributed by atoms with E-state index < -0.39 is 5.60 Å². The van der Waals surface area contributed by atoms with Crippen LogP contribution < -0.4 is 0 Å². The van der Waals surface area contributed by atoms with E-state index in [1.807, 2.05) is 6.92 Å². The van der Waals surface area contributed by atoms with Crippen molar-refractivity contribution in [3.05, 3.63) is 0 Å². The molecule has 5 nitrogen and oxygen atoms in total. The fourth-order valence-electron chi connectivity index (χ4n) is 1.81. The molecule has 1 aliphatic rings. The molecular weight excluding hydrogens is 222 g/mol. The van der Waals surface area contributed by atoms with Crippen LogP contribution in [0.5, 0.6) is 0 Å². The lowest BCUT2D eigenvalue weighted by atomic mass is 9.94. The van der Waals surface area contributed by atoms with Gasteiger partial charge in [-0.25, -0.2) is 4.79 Å². The number of piperidine rings is 1. The average Bonchev–Trinajstić information content (AvgIpc) is 2.27. The molecule has 1 rings (SSSR count). The zero-order valence-electron chi connectivity index (χ0n) is 10.8. The molecule has 0 unspecified atom stereocenters. The van der Waals surface area contributed by atoms with E-state index in [4.69, 9.17) is 9.47 Å². The summed E-state index contributed by atoms with van der Waals surface area (Å²) in [5.41, 5.74) is -0.512. The molecule has 0 aliphatic carbocycles. The Labute approximate surface area is 103 Å². The molecule has 5 heteroatoms. The van der Waals surface area contributed by atoms with Gasteiger partial charge in [0.2, 0.25) is 0 Å². The van der Waals surface area contributed by atoms with Crippen molar-refractivity contribution in [3.63, 3.8) is 0 Å². The van der Waals surface area contributed by atoms with Crippen molar-refractivity contribution in [2.45, 2.75) is 32.3 Å². The highest BCUT2D eigenvalue weighted by Gasteiger charge is 2.26. The Morgan fingerprint density at radius 2 is 2.06 bits per heavy atom. The summed E-state index contributed by atoms with van der Waals surface area (Å²) in [4.78, 5) is 13.2. The van der Waals surface area contributed by atoms with E-state index in [1.165, 1.54) is 0 Å². The molecular formula is C12H23NO4. The van der Waals surface area contributed by atoms with Gasteiger partial charge >= 0.3 is 5.97 Å². The molecule has 0 saturated carbocycles. The van der Waals surface area contributed by atoms with Gasteiger partial charge in [-0.2, -0.15) is 0 Å². The van der Waals surface area contributed by atoms with Gasteiger partial charge in [-0.1, -0.05) is 0 Å². The van der Waals surface area contributed by atoms with E-state index in [0.29, 0.717) is 13.2 Å². The van der Waals surface area contributed by atoms with Crippen molar-refractivity contribution in [1.82, 2.24) is 4.90 Å². The van der Waals surface area contributed by atoms with Crippen LogP contribution >= 0.6 is 0 Å². The molecule has 1 aliphatic heterocycles. The highest BCUT2D eigenvalue weighted by atomic mass is 16.6. The summed E-state index contributed by atoms with van der Waals surface area (Å²) in [6.45, 7) is 7.17. The zero-order valence-corrected chi connectivity index (χ0v) is 10.8. The van der Waals surface area contributed by atoms with Gasteiger partial charge in [0.1, 0.15) is 6.61 Å². The van der Waals surface area contributed by atoms with Crippen LogP contribution in [0, 0.1) is 0 Å². The molecule has 1 heterocycles. The van der Waals surface area contributed by atoms with Crippen molar-refractivity contribution in [3.8, 4) is 0 Å². The Kier molecular flexibility index (Phi) is 5.88. The smallest absolute Gasteiger partial charge is 0.332 e. The monoisotopic (exact) mass is 245 g/mol. The number of rotatable bonds is 6. The molecule has 0 bridgehead atoms. The fourth-order valence-corrected chi connectivity index (χ4v) is 1.81. The number of likely N-dealkylation sites (tertiary alicyclic amines) is 1. The Morgan fingerprint density at radius 3 is 2.65 bits per heavy atom. The number of carbonyl (C=O) groups excluding carboxylic acids is 1. The van der Waals surface area contributed by atoms with Gasteiger partial charge in [-0.05, 0) is 26.7 Å². The third-order valence-corrected chi connectivity index (χ3v) is 3.01. The van der Waals surface area contributed by atoms with Crippen molar-refractivity contribution < 1.29 is 19.4 Å². The Balaban J connectivity index is 2.02. The SMILES string of the molecule is CCOC(=O)COCCN1CCC(C)(O)CC1. The van der Waals surface area contributed by atoms with Gasteiger partial charge in [0, 0.05) is 19.6 Å². The minimum absolute atomic E-state index is 0.0272. The van der Waals surface area contributed by atoms with Crippen LogP contribution in [0.4, 0.5) is 0 Å². The molecule has 1 fully saturated rings. The maximum Gasteiger partial charge on any atom is 0.332 e. The van der Waals surface area contributed by atoms with E-state index in [-0.39, 0.29) is 12.6 Å². The van der Waals surface area contributed by atoms with Gasteiger partial charge in [-0.3, -0.25) is 0 Å². The summed E-state index contributed by atoms with van der Waals surface area (Å²) >= 11 is 0. The summed E-state index contributed by atoms with van der Waals surface area (Å²) < 4.78 is 9.97. The molecule has 1 N–H and O–H groups in total. The zero-order chi connectivity index (χ0) is 12.7. The summed E-state index contributed by atoms with van der Waals surface area (Å²) in [5, 5.41) is 9.78. The second-order valence-electron chi connectivity index (χ2n) is 4.70. The summed E-state index contributed by atoms with van der Waals surface area (Å²) in [6, 6.07) is 0. The van der Waals surface area contributed by atoms with Crippen molar-refractivity contribution in [2.75, 3.05) is 39.5 Å². The van der Waals surface area contributed by atoms with E-state index >= 15 is 0 Å². The van der Waals surface area contributed by atoms with Crippen molar-refractivity contribution in [1.29, 1.82) is 0 Å². The van der Waals surface area contributed by atoms with Gasteiger partial charge in [0.25, 0.3) is 0 Å². The van der Waals surface area contributed by atoms with Gasteiger partial charge in [0.05, 0.1) is 18.8 Å². The predicted octanol–water partition coefficient (Wildman–Crippen LogP) is 0.413. The van der Waals surface area contributed by atoms with E-state index in [0.717, 1.165) is 32.5 Å². The topological polar surface area (TPSA) is 59.0 Å². The van der Waals surface area contributed by atoms with Crippen LogP contribution in [0.15, 0.2) is 0 Å². The number of aliphatic hydroxyl groups is 1. The van der Waals surface area contributed by atoms with Crippen LogP contribution in [-0.2, 0) is 14.3 Å². The fraction of sp³-hybridized carbons (Fsp3) is 0.917.